The van der Waals surface area contributed by atoms with Crippen molar-refractivity contribution >= 4 is 34.6 Å². The van der Waals surface area contributed by atoms with E-state index in [0.717, 1.165) is 5.69 Å². The summed E-state index contributed by atoms with van der Waals surface area (Å²) in [7, 11) is 0. The molecule has 0 spiro atoms. The predicted molar refractivity (Wildman–Crippen MR) is 58.1 cm³/mol. The molecule has 5 N–H and O–H groups in total. The van der Waals surface area contributed by atoms with Crippen LogP contribution in [-0.2, 0) is 0 Å². The third kappa shape index (κ3) is 3.45. The summed E-state index contributed by atoms with van der Waals surface area (Å²) < 4.78 is 0. The first-order chi connectivity index (χ1) is 6.22. The van der Waals surface area contributed by atoms with Crippen LogP contribution in [0.1, 0.15) is 0 Å². The van der Waals surface area contributed by atoms with E-state index >= 15 is 0 Å². The van der Waals surface area contributed by atoms with Crippen LogP contribution in [0, 0.1) is 0 Å². The summed E-state index contributed by atoms with van der Waals surface area (Å²) >= 11 is 10.5. The van der Waals surface area contributed by atoms with Gasteiger partial charge in [0.1, 0.15) is 0 Å². The molecule has 1 aromatic carbocycles. The molecule has 13 heavy (non-hydrogen) atoms. The van der Waals surface area contributed by atoms with Gasteiger partial charge in [-0.3, -0.25) is 16.3 Å². The van der Waals surface area contributed by atoms with Crippen LogP contribution in [0.3, 0.4) is 0 Å². The van der Waals surface area contributed by atoms with Crippen LogP contribution >= 0.6 is 23.8 Å². The second-order valence-electron chi connectivity index (χ2n) is 2.23. The van der Waals surface area contributed by atoms with Gasteiger partial charge in [0.25, 0.3) is 0 Å². The van der Waals surface area contributed by atoms with Gasteiger partial charge in [0.15, 0.2) is 5.11 Å². The van der Waals surface area contributed by atoms with Gasteiger partial charge in [-0.25, -0.2) is 5.84 Å². The van der Waals surface area contributed by atoms with E-state index in [0.29, 0.717) is 10.1 Å². The van der Waals surface area contributed by atoms with Crippen LogP contribution in [0.15, 0.2) is 24.3 Å². The van der Waals surface area contributed by atoms with Crippen molar-refractivity contribution in [3.63, 3.8) is 0 Å². The van der Waals surface area contributed by atoms with Crippen molar-refractivity contribution in [1.29, 1.82) is 0 Å². The molecule has 1 rings (SSSR count). The smallest absolute Gasteiger partial charge is 0.199 e. The molecule has 0 aliphatic heterocycles. The number of anilines is 1. The van der Waals surface area contributed by atoms with Crippen molar-refractivity contribution in [2.45, 2.75) is 0 Å². The van der Waals surface area contributed by atoms with E-state index in [9.17, 15) is 0 Å². The van der Waals surface area contributed by atoms with Gasteiger partial charge in [0, 0.05) is 5.02 Å². The van der Waals surface area contributed by atoms with Gasteiger partial charge < -0.3 is 0 Å². The van der Waals surface area contributed by atoms with Gasteiger partial charge in [0.2, 0.25) is 0 Å². The van der Waals surface area contributed by atoms with Gasteiger partial charge >= 0.3 is 0 Å². The lowest BCUT2D eigenvalue weighted by atomic mass is 10.3. The molecule has 6 heteroatoms. The van der Waals surface area contributed by atoms with Crippen LogP contribution in [0.5, 0.6) is 0 Å². The third-order valence-corrected chi connectivity index (χ3v) is 1.73. The van der Waals surface area contributed by atoms with Crippen molar-refractivity contribution in [2.75, 3.05) is 5.43 Å². The lowest BCUT2D eigenvalue weighted by molar-refractivity contribution is 0.965. The minimum absolute atomic E-state index is 0.306. The Balaban J connectivity index is 2.50. The molecule has 1 aromatic rings. The number of hydrazine groups is 2. The first-order valence-corrected chi connectivity index (χ1v) is 4.29. The first kappa shape index (κ1) is 10.0. The van der Waals surface area contributed by atoms with Gasteiger partial charge in [-0.15, -0.1) is 0 Å². The van der Waals surface area contributed by atoms with Crippen molar-refractivity contribution in [2.24, 2.45) is 5.84 Å². The van der Waals surface area contributed by atoms with E-state index in [4.69, 9.17) is 29.7 Å². The lowest BCUT2D eigenvalue weighted by Crippen LogP contribution is -2.42. The van der Waals surface area contributed by atoms with Gasteiger partial charge in [0.05, 0.1) is 5.69 Å². The molecule has 0 aliphatic rings. The van der Waals surface area contributed by atoms with Gasteiger partial charge in [-0.05, 0) is 30.4 Å². The SMILES string of the molecule is NNC(=S)NNc1cccc(Cl)c1. The minimum atomic E-state index is 0.306. The molecule has 0 radical (unpaired) electrons. The highest BCUT2D eigenvalue weighted by Crippen LogP contribution is 2.13. The number of rotatable bonds is 2. The molecular formula is C7H9ClN4S. The Morgan fingerprint density at radius 1 is 1.46 bits per heavy atom. The van der Waals surface area contributed by atoms with Crippen molar-refractivity contribution in [1.82, 2.24) is 10.9 Å². The second-order valence-corrected chi connectivity index (χ2v) is 3.08. The first-order valence-electron chi connectivity index (χ1n) is 3.50. The molecule has 0 heterocycles. The van der Waals surface area contributed by atoms with Gasteiger partial charge in [-0.2, -0.15) is 0 Å². The molecule has 0 saturated carbocycles. The second kappa shape index (κ2) is 4.86. The topological polar surface area (TPSA) is 62.1 Å². The summed E-state index contributed by atoms with van der Waals surface area (Å²) in [6.07, 6.45) is 0. The monoisotopic (exact) mass is 216 g/mol. The average Bonchev–Trinajstić information content (AvgIpc) is 2.14. The van der Waals surface area contributed by atoms with E-state index in [1.807, 2.05) is 12.1 Å². The fraction of sp³-hybridized carbons (Fsp3) is 0. The van der Waals surface area contributed by atoms with Crippen LogP contribution in [0.2, 0.25) is 5.02 Å². The molecule has 0 unspecified atom stereocenters. The number of hydrogen-bond donors (Lipinski definition) is 4. The molecule has 0 amide bonds. The Morgan fingerprint density at radius 2 is 2.23 bits per heavy atom. The van der Waals surface area contributed by atoms with Crippen LogP contribution in [-0.4, -0.2) is 5.11 Å². The van der Waals surface area contributed by atoms with Crippen molar-refractivity contribution < 1.29 is 0 Å². The summed E-state index contributed by atoms with van der Waals surface area (Å²) in [6.45, 7) is 0. The summed E-state index contributed by atoms with van der Waals surface area (Å²) in [5.41, 5.74) is 8.57. The summed E-state index contributed by atoms with van der Waals surface area (Å²) in [6, 6.07) is 7.21. The van der Waals surface area contributed by atoms with E-state index in [2.05, 4.69) is 16.3 Å². The Morgan fingerprint density at radius 3 is 2.85 bits per heavy atom. The number of halogens is 1. The Labute approximate surface area is 86.4 Å². The number of nitrogens with two attached hydrogens (primary N) is 1. The number of thiocarbonyl (C=S) groups is 1. The molecular weight excluding hydrogens is 208 g/mol. The maximum Gasteiger partial charge on any atom is 0.199 e. The Kier molecular flexibility index (Phi) is 3.75. The quantitative estimate of drug-likeness (QED) is 0.338. The van der Waals surface area contributed by atoms with Gasteiger partial charge in [-0.1, -0.05) is 17.7 Å². The zero-order valence-electron chi connectivity index (χ0n) is 6.67. The van der Waals surface area contributed by atoms with E-state index in [1.165, 1.54) is 0 Å². The van der Waals surface area contributed by atoms with E-state index in [-0.39, 0.29) is 0 Å². The number of nitrogens with one attached hydrogen (secondary N) is 3. The summed E-state index contributed by atoms with van der Waals surface area (Å²) in [4.78, 5) is 0. The lowest BCUT2D eigenvalue weighted by Gasteiger charge is -2.09. The zero-order chi connectivity index (χ0) is 9.68. The van der Waals surface area contributed by atoms with E-state index in [1.54, 1.807) is 12.1 Å². The highest BCUT2D eigenvalue weighted by Gasteiger charge is 1.93. The number of benzene rings is 1. The molecule has 4 nitrogen and oxygen atoms in total. The van der Waals surface area contributed by atoms with Crippen molar-refractivity contribution in [3.05, 3.63) is 29.3 Å². The van der Waals surface area contributed by atoms with Crippen LogP contribution in [0.4, 0.5) is 5.69 Å². The largest absolute Gasteiger partial charge is 0.300 e. The van der Waals surface area contributed by atoms with Crippen LogP contribution < -0.4 is 22.1 Å². The molecule has 0 fully saturated rings. The average molecular weight is 217 g/mol. The molecule has 70 valence electrons. The number of hydrogen-bond acceptors (Lipinski definition) is 3. The normalized spacial score (nSPS) is 9.08. The molecule has 0 atom stereocenters. The highest BCUT2D eigenvalue weighted by molar-refractivity contribution is 7.80. The third-order valence-electron chi connectivity index (χ3n) is 1.28. The maximum absolute atomic E-state index is 5.75. The highest BCUT2D eigenvalue weighted by atomic mass is 35.5. The standard InChI is InChI=1S/C7H9ClN4S/c8-5-2-1-3-6(4-5)11-12-7(13)10-9/h1-4,11H,9H2,(H2,10,12,13). The maximum atomic E-state index is 5.75. The zero-order valence-corrected chi connectivity index (χ0v) is 8.25. The molecule has 0 saturated heterocycles. The Bertz CT molecular complexity index is 304. The van der Waals surface area contributed by atoms with Crippen molar-refractivity contribution in [3.8, 4) is 0 Å². The van der Waals surface area contributed by atoms with Crippen LogP contribution in [0.25, 0.3) is 0 Å². The molecule has 0 bridgehead atoms. The summed E-state index contributed by atoms with van der Waals surface area (Å²) in [5, 5.41) is 0.957. The minimum Gasteiger partial charge on any atom is -0.300 e. The fourth-order valence-electron chi connectivity index (χ4n) is 0.731. The fourth-order valence-corrected chi connectivity index (χ4v) is 0.973. The molecule has 0 aliphatic carbocycles. The Hall–Kier alpha value is -1.04. The predicted octanol–water partition coefficient (Wildman–Crippen LogP) is 1.00. The summed E-state index contributed by atoms with van der Waals surface area (Å²) in [5.74, 6) is 5.05. The molecule has 0 aromatic heterocycles. The van der Waals surface area contributed by atoms with E-state index < -0.39 is 0 Å².